The van der Waals surface area contributed by atoms with E-state index in [0.29, 0.717) is 13.0 Å². The monoisotopic (exact) mass is 764 g/mol. The number of ether oxygens (including phenoxy) is 2. The average Bonchev–Trinajstić information content (AvgIpc) is 3.15. The lowest BCUT2D eigenvalue weighted by Gasteiger charge is -2.20. The minimum atomic E-state index is -4.29. The summed E-state index contributed by atoms with van der Waals surface area (Å²) in [4.78, 5) is 22.5. The zero-order valence-corrected chi connectivity index (χ0v) is 34.6. The molecule has 2 atom stereocenters. The third-order valence-corrected chi connectivity index (χ3v) is 9.34. The summed E-state index contributed by atoms with van der Waals surface area (Å²) in [6, 6.07) is 0. The molecule has 3 N–H and O–H groups in total. The van der Waals surface area contributed by atoms with Gasteiger partial charge in [-0.25, -0.2) is 4.57 Å². The maximum Gasteiger partial charge on any atom is 0.472 e. The second kappa shape index (κ2) is 41.1. The molecule has 0 saturated carbocycles. The number of nitrogens with two attached hydrogens (primary N) is 1. The van der Waals surface area contributed by atoms with E-state index >= 15 is 0 Å². The quantitative estimate of drug-likeness (QED) is 0.0275. The minimum absolute atomic E-state index is 0.0923. The molecule has 53 heavy (non-hydrogen) atoms. The van der Waals surface area contributed by atoms with Crippen molar-refractivity contribution in [2.75, 3.05) is 33.0 Å². The van der Waals surface area contributed by atoms with Gasteiger partial charge in [-0.05, 0) is 83.5 Å². The van der Waals surface area contributed by atoms with Crippen molar-refractivity contribution in [3.63, 3.8) is 0 Å². The normalized spacial score (nSPS) is 14.3. The molecule has 0 radical (unpaired) electrons. The number of hydrogen-bond donors (Lipinski definition) is 2. The smallest absolute Gasteiger partial charge is 0.457 e. The molecule has 0 aromatic rings. The minimum Gasteiger partial charge on any atom is -0.457 e. The summed E-state index contributed by atoms with van der Waals surface area (Å²) in [7, 11) is -4.29. The summed E-state index contributed by atoms with van der Waals surface area (Å²) in [5.41, 5.74) is 5.36. The van der Waals surface area contributed by atoms with Gasteiger partial charge in [0.25, 0.3) is 0 Å². The first kappa shape index (κ1) is 50.9. The van der Waals surface area contributed by atoms with E-state index in [1.807, 2.05) is 0 Å². The fourth-order valence-electron chi connectivity index (χ4n) is 5.31. The third-order valence-electron chi connectivity index (χ3n) is 8.36. The summed E-state index contributed by atoms with van der Waals surface area (Å²) in [6.45, 7) is 4.73. The second-order valence-electron chi connectivity index (χ2n) is 13.5. The van der Waals surface area contributed by atoms with Crippen LogP contribution in [-0.4, -0.2) is 49.9 Å². The number of allylic oxidation sites excluding steroid dienone is 12. The van der Waals surface area contributed by atoms with E-state index in [1.54, 1.807) is 0 Å². The first-order valence-electron chi connectivity index (χ1n) is 20.9. The number of carbonyl (C=O) groups excluding carboxylic acids is 1. The van der Waals surface area contributed by atoms with Crippen molar-refractivity contribution in [1.29, 1.82) is 0 Å². The highest BCUT2D eigenvalue weighted by molar-refractivity contribution is 7.47. The summed E-state index contributed by atoms with van der Waals surface area (Å²) in [5, 5.41) is 0. The van der Waals surface area contributed by atoms with Crippen molar-refractivity contribution in [3.05, 3.63) is 72.9 Å². The Labute approximate surface area is 325 Å². The summed E-state index contributed by atoms with van der Waals surface area (Å²) in [5.74, 6) is -0.354. The molecule has 0 aliphatic carbocycles. The SMILES string of the molecule is CC/C=C\C/C=C\C/C=C\C/C=C\C/C=C\CCCCCCCC(=O)OC(COCCCCCCCC/C=C\CCCCC)COP(=O)(O)OCCN. The van der Waals surface area contributed by atoms with E-state index in [2.05, 4.69) is 86.8 Å². The van der Waals surface area contributed by atoms with E-state index in [1.165, 1.54) is 57.8 Å². The van der Waals surface area contributed by atoms with Crippen LogP contribution in [0.5, 0.6) is 0 Å². The molecule has 0 aliphatic heterocycles. The number of rotatable bonds is 39. The van der Waals surface area contributed by atoms with E-state index in [-0.39, 0.29) is 32.3 Å². The van der Waals surface area contributed by atoms with Gasteiger partial charge < -0.3 is 20.1 Å². The molecule has 0 amide bonds. The average molecular weight is 764 g/mol. The lowest BCUT2D eigenvalue weighted by Crippen LogP contribution is -2.28. The van der Waals surface area contributed by atoms with Gasteiger partial charge in [0, 0.05) is 19.6 Å². The van der Waals surface area contributed by atoms with Gasteiger partial charge >= 0.3 is 13.8 Å². The zero-order chi connectivity index (χ0) is 38.8. The third kappa shape index (κ3) is 41.0. The number of hydrogen-bond acceptors (Lipinski definition) is 7. The van der Waals surface area contributed by atoms with Gasteiger partial charge in [-0.15, -0.1) is 0 Å². The maximum atomic E-state index is 12.6. The van der Waals surface area contributed by atoms with Gasteiger partial charge in [0.1, 0.15) is 6.10 Å². The highest BCUT2D eigenvalue weighted by Gasteiger charge is 2.25. The Balaban J connectivity index is 4.11. The summed E-state index contributed by atoms with van der Waals surface area (Å²) >= 11 is 0. The Morgan fingerprint density at radius 3 is 1.60 bits per heavy atom. The second-order valence-corrected chi connectivity index (χ2v) is 14.9. The predicted octanol–water partition coefficient (Wildman–Crippen LogP) is 12.4. The van der Waals surface area contributed by atoms with Crippen molar-refractivity contribution in [1.82, 2.24) is 0 Å². The highest BCUT2D eigenvalue weighted by Crippen LogP contribution is 2.43. The number of phosphoric acid groups is 1. The van der Waals surface area contributed by atoms with Crippen molar-refractivity contribution >= 4 is 13.8 Å². The molecule has 0 aromatic heterocycles. The fraction of sp³-hybridized carbons (Fsp3) is 0.705. The van der Waals surface area contributed by atoms with E-state index in [4.69, 9.17) is 24.3 Å². The molecule has 9 heteroatoms. The topological polar surface area (TPSA) is 117 Å². The predicted molar refractivity (Wildman–Crippen MR) is 224 cm³/mol. The number of unbranched alkanes of at least 4 members (excludes halogenated alkanes) is 14. The Hall–Kier alpha value is -2.06. The summed E-state index contributed by atoms with van der Waals surface area (Å²) < 4.78 is 33.4. The highest BCUT2D eigenvalue weighted by atomic mass is 31.2. The van der Waals surface area contributed by atoms with Gasteiger partial charge in [0.2, 0.25) is 0 Å². The Bertz CT molecular complexity index is 1040. The van der Waals surface area contributed by atoms with Crippen LogP contribution in [0.1, 0.15) is 162 Å². The first-order valence-corrected chi connectivity index (χ1v) is 22.4. The first-order chi connectivity index (χ1) is 25.9. The molecule has 306 valence electrons. The molecule has 8 nitrogen and oxygen atoms in total. The molecular weight excluding hydrogens is 685 g/mol. The van der Waals surface area contributed by atoms with Crippen LogP contribution in [0.3, 0.4) is 0 Å². The van der Waals surface area contributed by atoms with Gasteiger partial charge in [-0.3, -0.25) is 13.8 Å². The molecule has 0 aliphatic rings. The number of phosphoric ester groups is 1. The lowest BCUT2D eigenvalue weighted by molar-refractivity contribution is -0.154. The van der Waals surface area contributed by atoms with Crippen LogP contribution < -0.4 is 5.73 Å². The standard InChI is InChI=1S/C44H78NO7P/c1-3-5-7-9-11-13-15-17-18-19-20-21-22-23-24-25-27-29-31-33-35-37-44(46)52-43(42-51-53(47,48)50-40-38-45)41-49-39-36-34-32-30-28-26-16-14-12-10-8-6-4-2/h5,7,11-14,17-18,20-21,23-24,43H,3-4,6,8-10,15-16,19,22,25-42,45H2,1-2H3,(H,47,48)/b7-5-,13-11-,14-12-,18-17-,21-20-,24-23-. The molecule has 0 spiro atoms. The van der Waals surface area contributed by atoms with Crippen molar-refractivity contribution < 1.29 is 32.8 Å². The number of esters is 1. The van der Waals surface area contributed by atoms with Crippen LogP contribution in [0.15, 0.2) is 72.9 Å². The van der Waals surface area contributed by atoms with Crippen molar-refractivity contribution in [3.8, 4) is 0 Å². The molecule has 0 fully saturated rings. The van der Waals surface area contributed by atoms with Crippen LogP contribution in [0.4, 0.5) is 0 Å². The molecule has 0 saturated heterocycles. The van der Waals surface area contributed by atoms with Gasteiger partial charge in [0.05, 0.1) is 19.8 Å². The van der Waals surface area contributed by atoms with E-state index < -0.39 is 13.9 Å². The van der Waals surface area contributed by atoms with Crippen LogP contribution in [0.2, 0.25) is 0 Å². The Kier molecular flexibility index (Phi) is 39.5. The van der Waals surface area contributed by atoms with E-state index in [9.17, 15) is 14.3 Å². The molecular formula is C44H78NO7P. The van der Waals surface area contributed by atoms with Crippen LogP contribution in [-0.2, 0) is 27.9 Å². The Morgan fingerprint density at radius 2 is 1.06 bits per heavy atom. The number of carbonyl (C=O) groups is 1. The Morgan fingerprint density at radius 1 is 0.585 bits per heavy atom. The molecule has 0 heterocycles. The largest absolute Gasteiger partial charge is 0.472 e. The van der Waals surface area contributed by atoms with Gasteiger partial charge in [-0.2, -0.15) is 0 Å². The van der Waals surface area contributed by atoms with Gasteiger partial charge in [0.15, 0.2) is 0 Å². The molecule has 0 bridgehead atoms. The fourth-order valence-corrected chi connectivity index (χ4v) is 6.08. The lowest BCUT2D eigenvalue weighted by atomic mass is 10.1. The van der Waals surface area contributed by atoms with E-state index in [0.717, 1.165) is 83.5 Å². The maximum absolute atomic E-state index is 12.6. The van der Waals surface area contributed by atoms with Crippen LogP contribution in [0.25, 0.3) is 0 Å². The summed E-state index contributed by atoms with van der Waals surface area (Å²) in [6.07, 6.45) is 50.6. The van der Waals surface area contributed by atoms with Crippen LogP contribution in [0, 0.1) is 0 Å². The molecule has 2 unspecified atom stereocenters. The van der Waals surface area contributed by atoms with Crippen molar-refractivity contribution in [2.45, 2.75) is 168 Å². The van der Waals surface area contributed by atoms with Gasteiger partial charge in [-0.1, -0.05) is 145 Å². The van der Waals surface area contributed by atoms with Crippen molar-refractivity contribution in [2.24, 2.45) is 5.73 Å². The molecule has 0 aromatic carbocycles. The molecule has 0 rings (SSSR count). The zero-order valence-electron chi connectivity index (χ0n) is 33.7. The van der Waals surface area contributed by atoms with Crippen LogP contribution >= 0.6 is 7.82 Å².